The van der Waals surface area contributed by atoms with Crippen LogP contribution in [0, 0.1) is 17.6 Å². The summed E-state index contributed by atoms with van der Waals surface area (Å²) in [5, 5.41) is 3.15. The Hall–Kier alpha value is -1.05. The van der Waals surface area contributed by atoms with Gasteiger partial charge < -0.3 is 5.32 Å². The molecule has 1 fully saturated rings. The number of benzene rings is 1. The lowest BCUT2D eigenvalue weighted by atomic mass is 9.97. The molecule has 1 aliphatic rings. The van der Waals surface area contributed by atoms with E-state index in [4.69, 9.17) is 0 Å². The zero-order chi connectivity index (χ0) is 14.0. The van der Waals surface area contributed by atoms with Crippen LogP contribution in [0.25, 0.3) is 0 Å². The number of piperidine rings is 1. The fourth-order valence-corrected chi connectivity index (χ4v) is 3.58. The molecule has 1 heterocycles. The Morgan fingerprint density at radius 1 is 1.37 bits per heavy atom. The average Bonchev–Trinajstić information content (AvgIpc) is 2.31. The van der Waals surface area contributed by atoms with Crippen LogP contribution in [0.1, 0.15) is 13.3 Å². The van der Waals surface area contributed by atoms with Gasteiger partial charge in [0.2, 0.25) is 10.0 Å². The van der Waals surface area contributed by atoms with Crippen LogP contribution in [0.2, 0.25) is 0 Å². The van der Waals surface area contributed by atoms with Crippen molar-refractivity contribution in [1.82, 2.24) is 10.0 Å². The van der Waals surface area contributed by atoms with Crippen LogP contribution in [-0.2, 0) is 10.0 Å². The van der Waals surface area contributed by atoms with Crippen LogP contribution in [-0.4, -0.2) is 27.5 Å². The van der Waals surface area contributed by atoms with Crippen LogP contribution in [0.4, 0.5) is 8.78 Å². The first-order valence-corrected chi connectivity index (χ1v) is 7.56. The van der Waals surface area contributed by atoms with Gasteiger partial charge in [-0.15, -0.1) is 0 Å². The third-order valence-electron chi connectivity index (χ3n) is 3.28. The summed E-state index contributed by atoms with van der Waals surface area (Å²) in [6.07, 6.45) is 0.642. The summed E-state index contributed by atoms with van der Waals surface area (Å²) in [6.45, 7) is 3.34. The summed E-state index contributed by atoms with van der Waals surface area (Å²) in [5.74, 6) is -1.76. The smallest absolute Gasteiger partial charge is 0.243 e. The van der Waals surface area contributed by atoms with Gasteiger partial charge in [-0.1, -0.05) is 6.92 Å². The molecule has 0 aromatic heterocycles. The Kier molecular flexibility index (Phi) is 4.17. The fraction of sp³-hybridized carbons (Fsp3) is 0.500. The van der Waals surface area contributed by atoms with Crippen molar-refractivity contribution in [3.63, 3.8) is 0 Å². The summed E-state index contributed by atoms with van der Waals surface area (Å²) in [6, 6.07) is 2.21. The number of sulfonamides is 1. The zero-order valence-corrected chi connectivity index (χ0v) is 11.3. The number of rotatable bonds is 3. The van der Waals surface area contributed by atoms with Crippen LogP contribution in [0.5, 0.6) is 0 Å². The average molecular weight is 290 g/mol. The van der Waals surface area contributed by atoms with E-state index >= 15 is 0 Å². The quantitative estimate of drug-likeness (QED) is 0.880. The molecule has 0 aliphatic carbocycles. The highest BCUT2D eigenvalue weighted by Gasteiger charge is 2.28. The molecule has 0 saturated carbocycles. The zero-order valence-electron chi connectivity index (χ0n) is 10.5. The summed E-state index contributed by atoms with van der Waals surface area (Å²) in [4.78, 5) is -0.514. The molecular formula is C12H16F2N2O2S. The molecule has 1 aromatic rings. The van der Waals surface area contributed by atoms with E-state index in [0.29, 0.717) is 25.6 Å². The summed E-state index contributed by atoms with van der Waals surface area (Å²) >= 11 is 0. The minimum Gasteiger partial charge on any atom is -0.316 e. The summed E-state index contributed by atoms with van der Waals surface area (Å²) in [5.41, 5.74) is 0. The predicted octanol–water partition coefficient (Wildman–Crippen LogP) is 1.24. The highest BCUT2D eigenvalue weighted by atomic mass is 32.2. The van der Waals surface area contributed by atoms with Crippen molar-refractivity contribution in [2.24, 2.45) is 5.92 Å². The third kappa shape index (κ3) is 3.29. The SMILES string of the molecule is CC1CNCCC1NS(=O)(=O)c1ccc(F)cc1F. The first-order chi connectivity index (χ1) is 8.90. The Morgan fingerprint density at radius 3 is 2.74 bits per heavy atom. The van der Waals surface area contributed by atoms with Crippen LogP contribution < -0.4 is 10.0 Å². The maximum absolute atomic E-state index is 13.5. The minimum absolute atomic E-state index is 0.118. The molecule has 1 aromatic carbocycles. The van der Waals surface area contributed by atoms with Crippen molar-refractivity contribution in [3.8, 4) is 0 Å². The largest absolute Gasteiger partial charge is 0.316 e. The topological polar surface area (TPSA) is 58.2 Å². The van der Waals surface area contributed by atoms with E-state index in [1.807, 2.05) is 6.92 Å². The molecule has 0 spiro atoms. The Labute approximate surface area is 111 Å². The van der Waals surface area contributed by atoms with Crippen molar-refractivity contribution >= 4 is 10.0 Å². The number of nitrogens with one attached hydrogen (secondary N) is 2. The second-order valence-electron chi connectivity index (χ2n) is 4.77. The van der Waals surface area contributed by atoms with E-state index in [1.165, 1.54) is 0 Å². The predicted molar refractivity (Wildman–Crippen MR) is 67.1 cm³/mol. The van der Waals surface area contributed by atoms with Crippen molar-refractivity contribution in [1.29, 1.82) is 0 Å². The first kappa shape index (κ1) is 14.4. The maximum atomic E-state index is 13.5. The van der Waals surface area contributed by atoms with Gasteiger partial charge in [0.05, 0.1) is 0 Å². The number of halogens is 2. The fourth-order valence-electron chi connectivity index (χ4n) is 2.15. The second-order valence-corrected chi connectivity index (χ2v) is 6.46. The standard InChI is InChI=1S/C12H16F2N2O2S/c1-8-7-15-5-4-11(8)16-19(17,18)12-3-2-9(13)6-10(12)14/h2-3,6,8,11,15-16H,4-5,7H2,1H3. The highest BCUT2D eigenvalue weighted by molar-refractivity contribution is 7.89. The van der Waals surface area contributed by atoms with Gasteiger partial charge in [0, 0.05) is 12.1 Å². The van der Waals surface area contributed by atoms with Gasteiger partial charge in [0.15, 0.2) is 0 Å². The molecule has 2 unspecified atom stereocenters. The first-order valence-electron chi connectivity index (χ1n) is 6.08. The van der Waals surface area contributed by atoms with Crippen LogP contribution in [0.15, 0.2) is 23.1 Å². The van der Waals surface area contributed by atoms with E-state index in [2.05, 4.69) is 10.0 Å². The summed E-state index contributed by atoms with van der Waals surface area (Å²) < 4.78 is 53.0. The molecule has 1 saturated heterocycles. The molecule has 0 bridgehead atoms. The van der Waals surface area contributed by atoms with Gasteiger partial charge >= 0.3 is 0 Å². The van der Waals surface area contributed by atoms with Crippen molar-refractivity contribution in [2.45, 2.75) is 24.3 Å². The molecule has 7 heteroatoms. The van der Waals surface area contributed by atoms with E-state index in [0.717, 1.165) is 12.1 Å². The lowest BCUT2D eigenvalue weighted by Gasteiger charge is -2.29. The Morgan fingerprint density at radius 2 is 2.11 bits per heavy atom. The number of hydrogen-bond donors (Lipinski definition) is 2. The minimum atomic E-state index is -3.96. The van der Waals surface area contributed by atoms with E-state index in [-0.39, 0.29) is 12.0 Å². The van der Waals surface area contributed by atoms with Gasteiger partial charge in [-0.2, -0.15) is 0 Å². The molecular weight excluding hydrogens is 274 g/mol. The summed E-state index contributed by atoms with van der Waals surface area (Å²) in [7, 11) is -3.96. The van der Waals surface area contributed by atoms with E-state index in [9.17, 15) is 17.2 Å². The molecule has 1 aliphatic heterocycles. The van der Waals surface area contributed by atoms with Crippen molar-refractivity contribution in [2.75, 3.05) is 13.1 Å². The van der Waals surface area contributed by atoms with Gasteiger partial charge in [0.25, 0.3) is 0 Å². The van der Waals surface area contributed by atoms with Gasteiger partial charge in [-0.3, -0.25) is 0 Å². The lowest BCUT2D eigenvalue weighted by molar-refractivity contribution is 0.327. The monoisotopic (exact) mass is 290 g/mol. The van der Waals surface area contributed by atoms with Gasteiger partial charge in [-0.05, 0) is 37.6 Å². The third-order valence-corrected chi connectivity index (χ3v) is 4.80. The normalized spacial score (nSPS) is 24.4. The number of hydrogen-bond acceptors (Lipinski definition) is 3. The molecule has 0 radical (unpaired) electrons. The van der Waals surface area contributed by atoms with Crippen molar-refractivity contribution < 1.29 is 17.2 Å². The molecule has 2 N–H and O–H groups in total. The van der Waals surface area contributed by atoms with Crippen LogP contribution in [0.3, 0.4) is 0 Å². The Bertz CT molecular complexity index is 563. The second kappa shape index (κ2) is 5.52. The lowest BCUT2D eigenvalue weighted by Crippen LogP contribution is -2.48. The molecule has 0 amide bonds. The molecule has 106 valence electrons. The van der Waals surface area contributed by atoms with E-state index in [1.54, 1.807) is 0 Å². The van der Waals surface area contributed by atoms with Crippen LogP contribution >= 0.6 is 0 Å². The Balaban J connectivity index is 2.22. The van der Waals surface area contributed by atoms with Crippen molar-refractivity contribution in [3.05, 3.63) is 29.8 Å². The molecule has 2 rings (SSSR count). The maximum Gasteiger partial charge on any atom is 0.243 e. The van der Waals surface area contributed by atoms with Gasteiger partial charge in [0.1, 0.15) is 16.5 Å². The van der Waals surface area contributed by atoms with Gasteiger partial charge in [-0.25, -0.2) is 21.9 Å². The molecule has 2 atom stereocenters. The van der Waals surface area contributed by atoms with E-state index < -0.39 is 26.6 Å². The highest BCUT2D eigenvalue weighted by Crippen LogP contribution is 2.18. The molecule has 4 nitrogen and oxygen atoms in total. The molecule has 19 heavy (non-hydrogen) atoms.